The Balaban J connectivity index is 2.42. The second kappa shape index (κ2) is 6.05. The number of nitrogens with zero attached hydrogens (tertiary/aromatic N) is 2. The van der Waals surface area contributed by atoms with Gasteiger partial charge in [-0.3, -0.25) is 9.59 Å². The van der Waals surface area contributed by atoms with Crippen molar-refractivity contribution in [1.29, 1.82) is 0 Å². The molecule has 122 valence electrons. The van der Waals surface area contributed by atoms with Crippen LogP contribution in [0.2, 0.25) is 0 Å². The van der Waals surface area contributed by atoms with Crippen molar-refractivity contribution in [3.8, 4) is 0 Å². The van der Waals surface area contributed by atoms with Crippen LogP contribution in [-0.2, 0) is 24.3 Å². The average molecular weight is 331 g/mol. The van der Waals surface area contributed by atoms with Crippen LogP contribution in [0, 0.1) is 13.8 Å². The van der Waals surface area contributed by atoms with Crippen molar-refractivity contribution in [2.24, 2.45) is 0 Å². The van der Waals surface area contributed by atoms with Gasteiger partial charge in [0.2, 0.25) is 15.9 Å². The van der Waals surface area contributed by atoms with Crippen molar-refractivity contribution in [1.82, 2.24) is 14.8 Å². The highest BCUT2D eigenvalue weighted by molar-refractivity contribution is 7.89. The van der Waals surface area contributed by atoms with E-state index < -0.39 is 27.9 Å². The number of aryl methyl sites for hydroxylation is 2. The maximum absolute atomic E-state index is 12.8. The summed E-state index contributed by atoms with van der Waals surface area (Å²) in [7, 11) is -2.83. The van der Waals surface area contributed by atoms with Crippen LogP contribution in [0.3, 0.4) is 0 Å². The topological polar surface area (TPSA) is 119 Å². The molecule has 0 aromatic carbocycles. The van der Waals surface area contributed by atoms with Crippen LogP contribution >= 0.6 is 0 Å². The highest BCUT2D eigenvalue weighted by atomic mass is 32.2. The second-order valence-electron chi connectivity index (χ2n) is 4.86. The minimum absolute atomic E-state index is 0.0554. The van der Waals surface area contributed by atoms with E-state index in [1.54, 1.807) is 0 Å². The summed E-state index contributed by atoms with van der Waals surface area (Å²) in [6.45, 7) is 3.20. The molecular formula is C12H17N3O6S. The van der Waals surface area contributed by atoms with Crippen molar-refractivity contribution in [2.45, 2.75) is 31.2 Å². The third-order valence-electron chi connectivity index (χ3n) is 3.40. The molecule has 1 N–H and O–H groups in total. The summed E-state index contributed by atoms with van der Waals surface area (Å²) in [6.07, 6.45) is -0.356. The number of aromatic nitrogens is 1. The lowest BCUT2D eigenvalue weighted by molar-refractivity contribution is -0.144. The second-order valence-corrected chi connectivity index (χ2v) is 6.68. The van der Waals surface area contributed by atoms with Gasteiger partial charge in [0.25, 0.3) is 0 Å². The Morgan fingerprint density at radius 2 is 2.18 bits per heavy atom. The summed E-state index contributed by atoms with van der Waals surface area (Å²) >= 11 is 0. The fourth-order valence-electron chi connectivity index (χ4n) is 2.38. The smallest absolute Gasteiger partial charge is 0.307 e. The van der Waals surface area contributed by atoms with E-state index in [4.69, 9.17) is 4.52 Å². The zero-order valence-corrected chi connectivity index (χ0v) is 13.3. The molecule has 0 aliphatic carbocycles. The zero-order valence-electron chi connectivity index (χ0n) is 12.5. The molecule has 1 saturated heterocycles. The minimum atomic E-state index is -4.01. The Labute approximate surface area is 127 Å². The molecule has 10 heteroatoms. The summed E-state index contributed by atoms with van der Waals surface area (Å²) in [5.41, 5.74) is 0.209. The molecule has 0 radical (unpaired) electrons. The number of nitrogens with one attached hydrogen (secondary N) is 1. The average Bonchev–Trinajstić information content (AvgIpc) is 2.80. The first-order chi connectivity index (χ1) is 10.3. The summed E-state index contributed by atoms with van der Waals surface area (Å²) in [5, 5.41) is 6.17. The Bertz CT molecular complexity index is 676. The van der Waals surface area contributed by atoms with E-state index in [0.717, 1.165) is 4.31 Å². The van der Waals surface area contributed by atoms with E-state index in [1.165, 1.54) is 21.0 Å². The fraction of sp³-hybridized carbons (Fsp3) is 0.583. The predicted molar refractivity (Wildman–Crippen MR) is 73.3 cm³/mol. The van der Waals surface area contributed by atoms with Gasteiger partial charge >= 0.3 is 5.97 Å². The Morgan fingerprint density at radius 1 is 1.50 bits per heavy atom. The number of carbonyl (C=O) groups is 2. The van der Waals surface area contributed by atoms with Crippen LogP contribution in [0.25, 0.3) is 0 Å². The standard InChI is InChI=1S/C12H17N3O6S/c1-7-11(8(2)21-14-7)22(18,19)15-5-4-13-12(17)9(15)6-10(16)20-3/h9H,4-6H2,1-3H3,(H,13,17). The van der Waals surface area contributed by atoms with Crippen LogP contribution in [-0.4, -0.2) is 56.0 Å². The minimum Gasteiger partial charge on any atom is -0.469 e. The van der Waals surface area contributed by atoms with Gasteiger partial charge in [0, 0.05) is 13.1 Å². The van der Waals surface area contributed by atoms with Crippen LogP contribution in [0.1, 0.15) is 17.9 Å². The van der Waals surface area contributed by atoms with Gasteiger partial charge in [0.15, 0.2) is 5.76 Å². The third kappa shape index (κ3) is 2.83. The van der Waals surface area contributed by atoms with Gasteiger partial charge < -0.3 is 14.6 Å². The van der Waals surface area contributed by atoms with Gasteiger partial charge in [-0.1, -0.05) is 5.16 Å². The van der Waals surface area contributed by atoms with E-state index in [2.05, 4.69) is 15.2 Å². The molecule has 1 unspecified atom stereocenters. The summed E-state index contributed by atoms with van der Waals surface area (Å²) < 4.78 is 36.0. The molecule has 0 spiro atoms. The van der Waals surface area contributed by atoms with E-state index in [9.17, 15) is 18.0 Å². The summed E-state index contributed by atoms with van der Waals surface area (Å²) in [6, 6.07) is -1.15. The van der Waals surface area contributed by atoms with Gasteiger partial charge in [0.1, 0.15) is 16.6 Å². The molecule has 1 aliphatic heterocycles. The number of sulfonamides is 1. The molecule has 2 heterocycles. The van der Waals surface area contributed by atoms with Crippen molar-refractivity contribution in [2.75, 3.05) is 20.2 Å². The summed E-state index contributed by atoms with van der Waals surface area (Å²) in [5.74, 6) is -1.06. The first-order valence-corrected chi connectivity index (χ1v) is 8.02. The van der Waals surface area contributed by atoms with Gasteiger partial charge in [-0.25, -0.2) is 8.42 Å². The quantitative estimate of drug-likeness (QED) is 0.728. The monoisotopic (exact) mass is 331 g/mol. The van der Waals surface area contributed by atoms with Crippen LogP contribution < -0.4 is 5.32 Å². The van der Waals surface area contributed by atoms with Gasteiger partial charge in [0.05, 0.1) is 13.5 Å². The molecule has 1 atom stereocenters. The lowest BCUT2D eigenvalue weighted by atomic mass is 10.1. The molecule has 1 aromatic heterocycles. The molecule has 0 bridgehead atoms. The highest BCUT2D eigenvalue weighted by Gasteiger charge is 2.42. The molecule has 1 amide bonds. The first-order valence-electron chi connectivity index (χ1n) is 6.58. The normalized spacial score (nSPS) is 19.8. The van der Waals surface area contributed by atoms with Crippen molar-refractivity contribution in [3.63, 3.8) is 0 Å². The molecule has 9 nitrogen and oxygen atoms in total. The fourth-order valence-corrected chi connectivity index (χ4v) is 4.26. The number of esters is 1. The largest absolute Gasteiger partial charge is 0.469 e. The first kappa shape index (κ1) is 16.4. The Kier molecular flexibility index (Phi) is 4.52. The van der Waals surface area contributed by atoms with E-state index in [0.29, 0.717) is 0 Å². The van der Waals surface area contributed by atoms with E-state index in [-0.39, 0.29) is 35.9 Å². The number of amides is 1. The maximum atomic E-state index is 12.8. The van der Waals surface area contributed by atoms with Gasteiger partial charge in [-0.2, -0.15) is 4.31 Å². The van der Waals surface area contributed by atoms with Crippen LogP contribution in [0.5, 0.6) is 0 Å². The third-order valence-corrected chi connectivity index (χ3v) is 5.56. The van der Waals surface area contributed by atoms with Gasteiger partial charge in [-0.15, -0.1) is 0 Å². The number of hydrogen-bond donors (Lipinski definition) is 1. The highest BCUT2D eigenvalue weighted by Crippen LogP contribution is 2.26. The Hall–Kier alpha value is -1.94. The van der Waals surface area contributed by atoms with Crippen molar-refractivity contribution >= 4 is 21.9 Å². The number of ether oxygens (including phenoxy) is 1. The molecule has 2 rings (SSSR count). The number of rotatable bonds is 4. The molecule has 0 saturated carbocycles. The molecular weight excluding hydrogens is 314 g/mol. The van der Waals surface area contributed by atoms with Crippen molar-refractivity contribution in [3.05, 3.63) is 11.5 Å². The molecule has 22 heavy (non-hydrogen) atoms. The molecule has 1 aliphatic rings. The van der Waals surface area contributed by atoms with Crippen LogP contribution in [0.15, 0.2) is 9.42 Å². The van der Waals surface area contributed by atoms with Crippen LogP contribution in [0.4, 0.5) is 0 Å². The number of piperazine rings is 1. The summed E-state index contributed by atoms with van der Waals surface area (Å²) in [4.78, 5) is 23.4. The lowest BCUT2D eigenvalue weighted by Crippen LogP contribution is -2.57. The zero-order chi connectivity index (χ0) is 16.5. The lowest BCUT2D eigenvalue weighted by Gasteiger charge is -2.33. The van der Waals surface area contributed by atoms with E-state index in [1.807, 2.05) is 0 Å². The number of carbonyl (C=O) groups excluding carboxylic acids is 2. The maximum Gasteiger partial charge on any atom is 0.307 e. The number of methoxy groups -OCH3 is 1. The predicted octanol–water partition coefficient (Wildman–Crippen LogP) is -0.656. The van der Waals surface area contributed by atoms with E-state index >= 15 is 0 Å². The van der Waals surface area contributed by atoms with Crippen molar-refractivity contribution < 1.29 is 27.3 Å². The molecule has 1 aromatic rings. The SMILES string of the molecule is COC(=O)CC1C(=O)NCCN1S(=O)(=O)c1c(C)noc1C. The molecule has 1 fully saturated rings. The number of hydrogen-bond acceptors (Lipinski definition) is 7. The Morgan fingerprint density at radius 3 is 2.73 bits per heavy atom. The van der Waals surface area contributed by atoms with Gasteiger partial charge in [-0.05, 0) is 13.8 Å².